The molecule has 0 saturated carbocycles. The minimum atomic E-state index is 0.707. The van der Waals surface area contributed by atoms with Gasteiger partial charge in [-0.3, -0.25) is 4.98 Å². The summed E-state index contributed by atoms with van der Waals surface area (Å²) in [5, 5.41) is 3.36. The van der Waals surface area contributed by atoms with Gasteiger partial charge in [0.15, 0.2) is 0 Å². The number of aromatic nitrogens is 1. The van der Waals surface area contributed by atoms with E-state index in [0.29, 0.717) is 6.54 Å². The lowest BCUT2D eigenvalue weighted by Gasteiger charge is -2.02. The number of halogens is 1. The van der Waals surface area contributed by atoms with E-state index in [2.05, 4.69) is 26.2 Å². The normalized spacial score (nSPS) is 10.7. The Morgan fingerprint density at radius 3 is 2.43 bits per heavy atom. The Bertz CT molecular complexity index is 692. The molecular weight excluding hydrogens is 328 g/mol. The minimum Gasteiger partial charge on any atom is -0.460 e. The van der Waals surface area contributed by atoms with Crippen LogP contribution in [-0.2, 0) is 13.1 Å². The molecule has 0 saturated heterocycles. The molecule has 2 aromatic heterocycles. The quantitative estimate of drug-likeness (QED) is 0.746. The van der Waals surface area contributed by atoms with Gasteiger partial charge in [-0.25, -0.2) is 0 Å². The summed E-state index contributed by atoms with van der Waals surface area (Å²) < 4.78 is 6.92. The van der Waals surface area contributed by atoms with Crippen molar-refractivity contribution in [1.29, 1.82) is 0 Å². The number of rotatable bonds is 5. The third kappa shape index (κ3) is 3.80. The fraction of sp³-hybridized carbons (Fsp3) is 0.118. The van der Waals surface area contributed by atoms with Crippen molar-refractivity contribution in [2.75, 3.05) is 0 Å². The monoisotopic (exact) mass is 342 g/mol. The van der Waals surface area contributed by atoms with Crippen molar-refractivity contribution >= 4 is 15.9 Å². The second-order valence-corrected chi connectivity index (χ2v) is 5.65. The lowest BCUT2D eigenvalue weighted by atomic mass is 10.2. The molecular formula is C17H15BrN2O. The maximum absolute atomic E-state index is 5.86. The van der Waals surface area contributed by atoms with E-state index in [0.717, 1.165) is 28.1 Å². The van der Waals surface area contributed by atoms with Crippen LogP contribution in [0.3, 0.4) is 0 Å². The topological polar surface area (TPSA) is 38.1 Å². The summed E-state index contributed by atoms with van der Waals surface area (Å²) in [7, 11) is 0. The molecule has 1 aromatic carbocycles. The summed E-state index contributed by atoms with van der Waals surface area (Å²) in [6.45, 7) is 1.51. The standard InChI is InChI=1S/C17H15BrN2O/c18-15-3-1-14(2-4-15)17-6-5-16(21-17)12-20-11-13-7-9-19-10-8-13/h1-10,20H,11-12H2. The summed E-state index contributed by atoms with van der Waals surface area (Å²) in [6.07, 6.45) is 3.60. The van der Waals surface area contributed by atoms with Crippen LogP contribution >= 0.6 is 15.9 Å². The predicted molar refractivity (Wildman–Crippen MR) is 86.6 cm³/mol. The van der Waals surface area contributed by atoms with Gasteiger partial charge in [-0.1, -0.05) is 28.1 Å². The van der Waals surface area contributed by atoms with Crippen LogP contribution in [0.5, 0.6) is 0 Å². The molecule has 2 heterocycles. The number of benzene rings is 1. The Balaban J connectivity index is 1.59. The largest absolute Gasteiger partial charge is 0.460 e. The number of nitrogens with zero attached hydrogens (tertiary/aromatic N) is 1. The first-order valence-electron chi connectivity index (χ1n) is 6.75. The second-order valence-electron chi connectivity index (χ2n) is 4.73. The minimum absolute atomic E-state index is 0.707. The Hall–Kier alpha value is -1.91. The third-order valence-corrected chi connectivity index (χ3v) is 3.70. The number of hydrogen-bond donors (Lipinski definition) is 1. The molecule has 106 valence electrons. The Labute approximate surface area is 132 Å². The van der Waals surface area contributed by atoms with E-state index < -0.39 is 0 Å². The number of hydrogen-bond acceptors (Lipinski definition) is 3. The van der Waals surface area contributed by atoms with Crippen molar-refractivity contribution in [2.45, 2.75) is 13.1 Å². The van der Waals surface area contributed by atoms with E-state index in [-0.39, 0.29) is 0 Å². The molecule has 0 aliphatic rings. The molecule has 0 amide bonds. The van der Waals surface area contributed by atoms with Crippen LogP contribution in [0.1, 0.15) is 11.3 Å². The molecule has 0 aliphatic carbocycles. The van der Waals surface area contributed by atoms with Crippen LogP contribution < -0.4 is 5.32 Å². The molecule has 3 aromatic rings. The van der Waals surface area contributed by atoms with Crippen molar-refractivity contribution in [3.8, 4) is 11.3 Å². The van der Waals surface area contributed by atoms with E-state index in [1.165, 1.54) is 5.56 Å². The van der Waals surface area contributed by atoms with Gasteiger partial charge in [0.1, 0.15) is 11.5 Å². The highest BCUT2D eigenvalue weighted by Crippen LogP contribution is 2.23. The molecule has 0 radical (unpaired) electrons. The first kappa shape index (κ1) is 14.0. The Kier molecular flexibility index (Phi) is 4.48. The zero-order valence-corrected chi connectivity index (χ0v) is 13.0. The fourth-order valence-corrected chi connectivity index (χ4v) is 2.34. The van der Waals surface area contributed by atoms with Crippen LogP contribution in [0.15, 0.2) is 69.8 Å². The Morgan fingerprint density at radius 2 is 1.67 bits per heavy atom. The number of pyridine rings is 1. The summed E-state index contributed by atoms with van der Waals surface area (Å²) >= 11 is 3.43. The lowest BCUT2D eigenvalue weighted by molar-refractivity contribution is 0.493. The summed E-state index contributed by atoms with van der Waals surface area (Å²) in [5.41, 5.74) is 2.29. The average Bonchev–Trinajstić information content (AvgIpc) is 2.98. The molecule has 0 spiro atoms. The van der Waals surface area contributed by atoms with E-state index in [4.69, 9.17) is 4.42 Å². The van der Waals surface area contributed by atoms with E-state index in [1.54, 1.807) is 12.4 Å². The molecule has 4 heteroatoms. The Morgan fingerprint density at radius 1 is 0.905 bits per heavy atom. The van der Waals surface area contributed by atoms with E-state index >= 15 is 0 Å². The zero-order valence-electron chi connectivity index (χ0n) is 11.4. The van der Waals surface area contributed by atoms with Gasteiger partial charge in [-0.05, 0) is 42.0 Å². The van der Waals surface area contributed by atoms with Crippen LogP contribution in [0, 0.1) is 0 Å². The molecule has 3 rings (SSSR count). The van der Waals surface area contributed by atoms with E-state index in [9.17, 15) is 0 Å². The first-order chi connectivity index (χ1) is 10.3. The summed E-state index contributed by atoms with van der Waals surface area (Å²) in [6, 6.07) is 16.1. The maximum Gasteiger partial charge on any atom is 0.134 e. The summed E-state index contributed by atoms with van der Waals surface area (Å²) in [5.74, 6) is 1.82. The van der Waals surface area contributed by atoms with Crippen molar-refractivity contribution in [2.24, 2.45) is 0 Å². The molecule has 0 bridgehead atoms. The predicted octanol–water partition coefficient (Wildman–Crippen LogP) is 4.39. The van der Waals surface area contributed by atoms with Crippen molar-refractivity contribution in [3.63, 3.8) is 0 Å². The highest BCUT2D eigenvalue weighted by Gasteiger charge is 2.04. The van der Waals surface area contributed by atoms with Crippen molar-refractivity contribution in [3.05, 3.63) is 76.7 Å². The molecule has 0 unspecified atom stereocenters. The van der Waals surface area contributed by atoms with Gasteiger partial charge in [0.05, 0.1) is 6.54 Å². The average molecular weight is 343 g/mol. The molecule has 21 heavy (non-hydrogen) atoms. The van der Waals surface area contributed by atoms with Crippen LogP contribution in [0.25, 0.3) is 11.3 Å². The number of nitrogens with one attached hydrogen (secondary N) is 1. The molecule has 0 fully saturated rings. The molecule has 0 atom stereocenters. The number of furan rings is 1. The maximum atomic E-state index is 5.86. The first-order valence-corrected chi connectivity index (χ1v) is 7.55. The molecule has 1 N–H and O–H groups in total. The van der Waals surface area contributed by atoms with Crippen molar-refractivity contribution < 1.29 is 4.42 Å². The van der Waals surface area contributed by atoms with E-state index in [1.807, 2.05) is 48.5 Å². The van der Waals surface area contributed by atoms with Crippen LogP contribution in [0.2, 0.25) is 0 Å². The lowest BCUT2D eigenvalue weighted by Crippen LogP contribution is -2.11. The van der Waals surface area contributed by atoms with Gasteiger partial charge in [-0.2, -0.15) is 0 Å². The fourth-order valence-electron chi connectivity index (χ4n) is 2.07. The van der Waals surface area contributed by atoms with Crippen LogP contribution in [-0.4, -0.2) is 4.98 Å². The van der Waals surface area contributed by atoms with Crippen molar-refractivity contribution in [1.82, 2.24) is 10.3 Å². The SMILES string of the molecule is Brc1ccc(-c2ccc(CNCc3ccncc3)o2)cc1. The van der Waals surface area contributed by atoms with Gasteiger partial charge in [-0.15, -0.1) is 0 Å². The third-order valence-electron chi connectivity index (χ3n) is 3.17. The highest BCUT2D eigenvalue weighted by molar-refractivity contribution is 9.10. The van der Waals surface area contributed by atoms with Crippen LogP contribution in [0.4, 0.5) is 0 Å². The highest BCUT2D eigenvalue weighted by atomic mass is 79.9. The van der Waals surface area contributed by atoms with Gasteiger partial charge < -0.3 is 9.73 Å². The second kappa shape index (κ2) is 6.70. The van der Waals surface area contributed by atoms with Gasteiger partial charge in [0, 0.05) is 29.0 Å². The zero-order chi connectivity index (χ0) is 14.5. The summed E-state index contributed by atoms with van der Waals surface area (Å²) in [4.78, 5) is 4.01. The molecule has 0 aliphatic heterocycles. The van der Waals surface area contributed by atoms with Gasteiger partial charge in [0.25, 0.3) is 0 Å². The smallest absolute Gasteiger partial charge is 0.134 e. The van der Waals surface area contributed by atoms with Gasteiger partial charge >= 0.3 is 0 Å². The van der Waals surface area contributed by atoms with Gasteiger partial charge in [0.2, 0.25) is 0 Å². The molecule has 3 nitrogen and oxygen atoms in total.